The minimum absolute atomic E-state index is 0.373. The molecule has 0 saturated heterocycles. The van der Waals surface area contributed by atoms with Crippen LogP contribution in [0.1, 0.15) is 47.1 Å². The molecule has 0 bridgehead atoms. The van der Waals surface area contributed by atoms with Crippen molar-refractivity contribution < 1.29 is 14.3 Å². The number of carbonyl (C=O) groups excluding carboxylic acids is 1. The first-order valence-electron chi connectivity index (χ1n) is 10.2. The first-order valence-corrected chi connectivity index (χ1v) is 11.0. The Kier molecular flexibility index (Phi) is 6.09. The molecular weight excluding hydrogens is 392 g/mol. The van der Waals surface area contributed by atoms with Gasteiger partial charge in [-0.05, 0) is 81.8 Å². The van der Waals surface area contributed by atoms with Crippen molar-refractivity contribution in [2.24, 2.45) is 0 Å². The average molecular weight is 423 g/mol. The first kappa shape index (κ1) is 22.1. The fraction of sp³-hybridized carbons (Fsp3) is 0.346. The smallest absolute Gasteiger partial charge is 0.333 e. The van der Waals surface area contributed by atoms with E-state index < -0.39 is 17.2 Å². The van der Waals surface area contributed by atoms with E-state index in [-0.39, 0.29) is 0 Å². The van der Waals surface area contributed by atoms with E-state index in [1.165, 1.54) is 21.4 Å². The quantitative estimate of drug-likeness (QED) is 0.299. The summed E-state index contributed by atoms with van der Waals surface area (Å²) >= 11 is 1.75. The normalized spacial score (nSPS) is 12.1. The van der Waals surface area contributed by atoms with Crippen LogP contribution >= 0.6 is 11.3 Å². The van der Waals surface area contributed by atoms with Crippen LogP contribution in [0.15, 0.2) is 60.7 Å². The van der Waals surface area contributed by atoms with E-state index in [4.69, 9.17) is 9.47 Å². The van der Waals surface area contributed by atoms with Gasteiger partial charge in [-0.3, -0.25) is 0 Å². The Bertz CT molecular complexity index is 1070. The summed E-state index contributed by atoms with van der Waals surface area (Å²) in [6.07, 6.45) is 1.04. The van der Waals surface area contributed by atoms with Crippen LogP contribution in [-0.2, 0) is 16.0 Å². The average Bonchev–Trinajstić information content (AvgIpc) is 3.10. The number of esters is 1. The lowest BCUT2D eigenvalue weighted by molar-refractivity contribution is -0.171. The Morgan fingerprint density at radius 2 is 1.67 bits per heavy atom. The highest BCUT2D eigenvalue weighted by molar-refractivity contribution is 7.22. The highest BCUT2D eigenvalue weighted by Gasteiger charge is 2.43. The monoisotopic (exact) mass is 422 g/mol. The van der Waals surface area contributed by atoms with Gasteiger partial charge in [0, 0.05) is 15.2 Å². The van der Waals surface area contributed by atoms with Gasteiger partial charge in [0.15, 0.2) is 0 Å². The second-order valence-electron chi connectivity index (χ2n) is 8.65. The van der Waals surface area contributed by atoms with E-state index in [0.29, 0.717) is 5.57 Å². The third-order valence-corrected chi connectivity index (χ3v) is 6.80. The van der Waals surface area contributed by atoms with Crippen LogP contribution in [0.2, 0.25) is 0 Å². The van der Waals surface area contributed by atoms with Crippen molar-refractivity contribution in [3.05, 3.63) is 66.2 Å². The number of thiophene rings is 1. The summed E-state index contributed by atoms with van der Waals surface area (Å²) in [5.74, 6) is 0.339. The van der Waals surface area contributed by atoms with Crippen LogP contribution < -0.4 is 4.74 Å². The molecule has 0 N–H and O–H groups in total. The molecule has 3 rings (SSSR count). The fourth-order valence-electron chi connectivity index (χ4n) is 2.98. The summed E-state index contributed by atoms with van der Waals surface area (Å²) in [4.78, 5) is 13.3. The summed E-state index contributed by atoms with van der Waals surface area (Å²) in [5.41, 5.74) is 1.37. The molecule has 0 aliphatic heterocycles. The molecule has 4 heteroatoms. The highest BCUT2D eigenvalue weighted by atomic mass is 32.1. The zero-order valence-corrected chi connectivity index (χ0v) is 19.5. The Hall–Kier alpha value is -2.59. The predicted molar refractivity (Wildman–Crippen MR) is 126 cm³/mol. The van der Waals surface area contributed by atoms with E-state index in [9.17, 15) is 4.79 Å². The van der Waals surface area contributed by atoms with Crippen LogP contribution in [0, 0.1) is 0 Å². The lowest BCUT2D eigenvalue weighted by Gasteiger charge is -2.40. The van der Waals surface area contributed by atoms with Crippen molar-refractivity contribution in [3.8, 4) is 16.2 Å². The molecule has 0 unspecified atom stereocenters. The molecule has 2 aromatic carbocycles. The molecule has 1 heterocycles. The molecule has 0 saturated carbocycles. The minimum Gasteiger partial charge on any atom is -0.484 e. The number of carbonyl (C=O) groups is 1. The van der Waals surface area contributed by atoms with Crippen molar-refractivity contribution in [2.75, 3.05) is 0 Å². The van der Waals surface area contributed by atoms with Crippen molar-refractivity contribution >= 4 is 27.4 Å². The second-order valence-corrected chi connectivity index (χ2v) is 9.74. The lowest BCUT2D eigenvalue weighted by Crippen LogP contribution is -2.52. The Morgan fingerprint density at radius 1 is 1.00 bits per heavy atom. The Labute approximate surface area is 183 Å². The lowest BCUT2D eigenvalue weighted by atomic mass is 9.89. The van der Waals surface area contributed by atoms with E-state index >= 15 is 0 Å². The number of fused-ring (bicyclic) bond motifs is 1. The van der Waals surface area contributed by atoms with E-state index in [2.05, 4.69) is 56.0 Å². The molecule has 3 aromatic rings. The van der Waals surface area contributed by atoms with Crippen molar-refractivity contribution in [1.82, 2.24) is 0 Å². The van der Waals surface area contributed by atoms with Gasteiger partial charge in [-0.1, -0.05) is 37.8 Å². The van der Waals surface area contributed by atoms with E-state index in [1.807, 2.05) is 33.8 Å². The van der Waals surface area contributed by atoms with Gasteiger partial charge >= 0.3 is 5.97 Å². The molecule has 1 aromatic heterocycles. The second kappa shape index (κ2) is 8.27. The molecular formula is C26H30O3S. The van der Waals surface area contributed by atoms with Gasteiger partial charge in [0.2, 0.25) is 0 Å². The molecule has 0 spiro atoms. The molecule has 0 radical (unpaired) electrons. The van der Waals surface area contributed by atoms with Crippen LogP contribution in [0.5, 0.6) is 5.75 Å². The van der Waals surface area contributed by atoms with Crippen LogP contribution in [0.4, 0.5) is 0 Å². The first-order chi connectivity index (χ1) is 14.0. The number of hydrogen-bond acceptors (Lipinski definition) is 4. The van der Waals surface area contributed by atoms with Crippen molar-refractivity contribution in [3.63, 3.8) is 0 Å². The predicted octanol–water partition coefficient (Wildman–Crippen LogP) is 7.19. The summed E-state index contributed by atoms with van der Waals surface area (Å²) < 4.78 is 13.1. The number of benzene rings is 2. The standard InChI is InChI=1S/C26H30O3S/c1-8-18-9-11-19(12-10-18)22-15-20-13-14-21(16-23(20)30-22)28-25(4,5)26(6,7)29-24(27)17(2)3/h9-16H,2,8H2,1,3-7H3. The van der Waals surface area contributed by atoms with Crippen molar-refractivity contribution in [2.45, 2.75) is 59.2 Å². The summed E-state index contributed by atoms with van der Waals surface area (Å²) in [6.45, 7) is 15.0. The van der Waals surface area contributed by atoms with Gasteiger partial charge in [0.25, 0.3) is 0 Å². The number of ether oxygens (including phenoxy) is 2. The van der Waals surface area contributed by atoms with Gasteiger partial charge in [0.05, 0.1) is 0 Å². The molecule has 0 fully saturated rings. The van der Waals surface area contributed by atoms with Gasteiger partial charge < -0.3 is 9.47 Å². The van der Waals surface area contributed by atoms with Gasteiger partial charge in [-0.15, -0.1) is 11.3 Å². The van der Waals surface area contributed by atoms with Crippen molar-refractivity contribution in [1.29, 1.82) is 0 Å². The van der Waals surface area contributed by atoms with Gasteiger partial charge in [-0.2, -0.15) is 0 Å². The third kappa shape index (κ3) is 4.59. The number of hydrogen-bond donors (Lipinski definition) is 0. The maximum absolute atomic E-state index is 12.0. The summed E-state index contributed by atoms with van der Waals surface area (Å²) in [7, 11) is 0. The molecule has 0 atom stereocenters. The zero-order valence-electron chi connectivity index (χ0n) is 18.7. The molecule has 3 nitrogen and oxygen atoms in total. The van der Waals surface area contributed by atoms with Gasteiger partial charge in [-0.25, -0.2) is 4.79 Å². The molecule has 0 aliphatic rings. The molecule has 158 valence electrons. The van der Waals surface area contributed by atoms with Crippen LogP contribution in [-0.4, -0.2) is 17.2 Å². The Morgan fingerprint density at radius 3 is 2.27 bits per heavy atom. The van der Waals surface area contributed by atoms with Gasteiger partial charge in [0.1, 0.15) is 17.0 Å². The molecule has 0 amide bonds. The third-order valence-electron chi connectivity index (χ3n) is 5.66. The number of aryl methyl sites for hydroxylation is 1. The fourth-order valence-corrected chi connectivity index (χ4v) is 4.08. The molecule has 0 aliphatic carbocycles. The highest BCUT2D eigenvalue weighted by Crippen LogP contribution is 2.38. The maximum Gasteiger partial charge on any atom is 0.333 e. The number of rotatable bonds is 7. The van der Waals surface area contributed by atoms with Crippen LogP contribution in [0.3, 0.4) is 0 Å². The van der Waals surface area contributed by atoms with Crippen LogP contribution in [0.25, 0.3) is 20.5 Å². The summed E-state index contributed by atoms with van der Waals surface area (Å²) in [5, 5.41) is 1.19. The topological polar surface area (TPSA) is 35.5 Å². The van der Waals surface area contributed by atoms with E-state index in [1.54, 1.807) is 18.3 Å². The Balaban J connectivity index is 1.84. The minimum atomic E-state index is -0.834. The summed E-state index contributed by atoms with van der Waals surface area (Å²) in [6, 6.07) is 17.1. The largest absolute Gasteiger partial charge is 0.484 e. The maximum atomic E-state index is 12.0. The zero-order chi connectivity index (χ0) is 22.1. The van der Waals surface area contributed by atoms with E-state index in [0.717, 1.165) is 16.9 Å². The SMILES string of the molecule is C=C(C)C(=O)OC(C)(C)C(C)(C)Oc1ccc2cc(-c3ccc(CC)cc3)sc2c1. The molecule has 30 heavy (non-hydrogen) atoms.